The van der Waals surface area contributed by atoms with E-state index >= 15 is 0 Å². The number of fused-ring (bicyclic) bond motifs is 1. The third-order valence-electron chi connectivity index (χ3n) is 3.25. The molecule has 0 N–H and O–H groups in total. The van der Waals surface area contributed by atoms with E-state index < -0.39 is 5.60 Å². The molecule has 4 nitrogen and oxygen atoms in total. The number of hydrogen-bond acceptors (Lipinski definition) is 4. The van der Waals surface area contributed by atoms with Gasteiger partial charge in [0, 0.05) is 0 Å². The number of carbonyl (C=O) groups is 1. The van der Waals surface area contributed by atoms with Crippen LogP contribution in [-0.2, 0) is 24.6 Å². The minimum Gasteiger partial charge on any atom is -0.472 e. The molecule has 0 aromatic heterocycles. The summed E-state index contributed by atoms with van der Waals surface area (Å²) in [7, 11) is 1.36. The van der Waals surface area contributed by atoms with E-state index in [9.17, 15) is 4.79 Å². The van der Waals surface area contributed by atoms with Gasteiger partial charge in [0.2, 0.25) is 11.9 Å². The molecule has 3 atom stereocenters. The first kappa shape index (κ1) is 10.4. The zero-order chi connectivity index (χ0) is 11.9. The van der Waals surface area contributed by atoms with Crippen molar-refractivity contribution in [3.63, 3.8) is 0 Å². The third kappa shape index (κ3) is 1.24. The molecule has 1 aromatic rings. The van der Waals surface area contributed by atoms with Crippen molar-refractivity contribution >= 4 is 5.97 Å². The maximum Gasteiger partial charge on any atom is 0.343 e. The van der Waals surface area contributed by atoms with E-state index in [2.05, 4.69) is 0 Å². The number of hydrogen-bond donors (Lipinski definition) is 0. The Balaban J connectivity index is 2.05. The van der Waals surface area contributed by atoms with E-state index in [4.69, 9.17) is 14.2 Å². The lowest BCUT2D eigenvalue weighted by Crippen LogP contribution is -2.60. The molecule has 88 valence electrons. The molecule has 2 heterocycles. The van der Waals surface area contributed by atoms with Gasteiger partial charge in [-0.2, -0.15) is 0 Å². The largest absolute Gasteiger partial charge is 0.472 e. The summed E-state index contributed by atoms with van der Waals surface area (Å²) in [6.45, 7) is 0. The van der Waals surface area contributed by atoms with Crippen LogP contribution in [0.2, 0.25) is 0 Å². The van der Waals surface area contributed by atoms with Crippen LogP contribution >= 0.6 is 0 Å². The van der Waals surface area contributed by atoms with Crippen molar-refractivity contribution in [3.8, 4) is 0 Å². The zero-order valence-electron chi connectivity index (χ0n) is 9.33. The highest BCUT2D eigenvalue weighted by atomic mass is 16.7. The van der Waals surface area contributed by atoms with Crippen LogP contribution in [0.5, 0.6) is 0 Å². The highest BCUT2D eigenvalue weighted by Gasteiger charge is 2.64. The quantitative estimate of drug-likeness (QED) is 0.726. The van der Waals surface area contributed by atoms with E-state index in [1.54, 1.807) is 6.26 Å². The Bertz CT molecular complexity index is 468. The summed E-state index contributed by atoms with van der Waals surface area (Å²) in [5.74, 6) is -0.502. The first-order chi connectivity index (χ1) is 8.29. The third-order valence-corrected chi connectivity index (χ3v) is 3.25. The highest BCUT2D eigenvalue weighted by molar-refractivity contribution is 5.83. The fourth-order valence-electron chi connectivity index (χ4n) is 2.40. The number of ether oxygens (including phenoxy) is 3. The SMILES string of the molecule is COC(=O)[C@@]1(c2ccccc2)O[C@@H]2OC=C[C@@H]21. The van der Waals surface area contributed by atoms with Crippen molar-refractivity contribution in [1.82, 2.24) is 0 Å². The van der Waals surface area contributed by atoms with E-state index in [0.717, 1.165) is 5.56 Å². The van der Waals surface area contributed by atoms with Crippen molar-refractivity contribution < 1.29 is 19.0 Å². The zero-order valence-corrected chi connectivity index (χ0v) is 9.33. The molecule has 0 aliphatic carbocycles. The van der Waals surface area contributed by atoms with Crippen molar-refractivity contribution in [2.24, 2.45) is 5.92 Å². The van der Waals surface area contributed by atoms with E-state index in [1.807, 2.05) is 36.4 Å². The summed E-state index contributed by atoms with van der Waals surface area (Å²) < 4.78 is 15.7. The molecule has 1 saturated heterocycles. The minimum atomic E-state index is -1.05. The second kappa shape index (κ2) is 3.60. The van der Waals surface area contributed by atoms with Gasteiger partial charge in [-0.1, -0.05) is 30.3 Å². The fraction of sp³-hybridized carbons (Fsp3) is 0.308. The Morgan fingerprint density at radius 1 is 1.35 bits per heavy atom. The molecule has 0 bridgehead atoms. The van der Waals surface area contributed by atoms with Gasteiger partial charge in [0.1, 0.15) is 0 Å². The van der Waals surface area contributed by atoms with Crippen LogP contribution in [0.25, 0.3) is 0 Å². The van der Waals surface area contributed by atoms with Gasteiger partial charge in [-0.05, 0) is 11.6 Å². The second-order valence-electron chi connectivity index (χ2n) is 4.07. The molecule has 3 rings (SSSR count). The van der Waals surface area contributed by atoms with Crippen LogP contribution in [0.3, 0.4) is 0 Å². The number of carbonyl (C=O) groups excluding carboxylic acids is 1. The van der Waals surface area contributed by atoms with Gasteiger partial charge in [-0.3, -0.25) is 0 Å². The molecule has 0 saturated carbocycles. The lowest BCUT2D eigenvalue weighted by molar-refractivity contribution is -0.314. The van der Waals surface area contributed by atoms with E-state index in [-0.39, 0.29) is 18.2 Å². The van der Waals surface area contributed by atoms with E-state index in [0.29, 0.717) is 0 Å². The van der Waals surface area contributed by atoms with Crippen molar-refractivity contribution in [3.05, 3.63) is 48.2 Å². The lowest BCUT2D eigenvalue weighted by Gasteiger charge is -2.47. The number of esters is 1. The topological polar surface area (TPSA) is 44.8 Å². The van der Waals surface area contributed by atoms with Gasteiger partial charge in [-0.25, -0.2) is 4.79 Å². The van der Waals surface area contributed by atoms with Gasteiger partial charge in [0.15, 0.2) is 0 Å². The van der Waals surface area contributed by atoms with Crippen LogP contribution in [0.15, 0.2) is 42.7 Å². The highest BCUT2D eigenvalue weighted by Crippen LogP contribution is 2.51. The molecule has 4 heteroatoms. The van der Waals surface area contributed by atoms with Crippen LogP contribution in [0, 0.1) is 5.92 Å². The number of methoxy groups -OCH3 is 1. The standard InChI is InChI=1S/C13H12O4/c1-15-12(14)13(9-5-3-2-4-6-9)10-7-8-16-11(10)17-13/h2-8,10-11H,1H3/t10-,11-,13-/m0/s1. The fourth-order valence-corrected chi connectivity index (χ4v) is 2.40. The summed E-state index contributed by atoms with van der Waals surface area (Å²) >= 11 is 0. The molecule has 1 fully saturated rings. The summed E-state index contributed by atoms with van der Waals surface area (Å²) in [5, 5.41) is 0. The monoisotopic (exact) mass is 232 g/mol. The molecule has 17 heavy (non-hydrogen) atoms. The molecular formula is C13H12O4. The van der Waals surface area contributed by atoms with Crippen molar-refractivity contribution in [2.75, 3.05) is 7.11 Å². The van der Waals surface area contributed by atoms with E-state index in [1.165, 1.54) is 7.11 Å². The van der Waals surface area contributed by atoms with Crippen molar-refractivity contribution in [2.45, 2.75) is 11.9 Å². The molecular weight excluding hydrogens is 220 g/mol. The summed E-state index contributed by atoms with van der Waals surface area (Å²) in [6.07, 6.45) is 3.05. The van der Waals surface area contributed by atoms with Crippen molar-refractivity contribution in [1.29, 1.82) is 0 Å². The molecule has 0 radical (unpaired) electrons. The second-order valence-corrected chi connectivity index (χ2v) is 4.07. The summed E-state index contributed by atoms with van der Waals surface area (Å²) in [4.78, 5) is 12.0. The smallest absolute Gasteiger partial charge is 0.343 e. The molecule has 0 unspecified atom stereocenters. The van der Waals surface area contributed by atoms with Crippen LogP contribution in [-0.4, -0.2) is 19.4 Å². The predicted octanol–water partition coefficient (Wildman–Crippen LogP) is 1.57. The Morgan fingerprint density at radius 2 is 2.12 bits per heavy atom. The first-order valence-electron chi connectivity index (χ1n) is 5.43. The molecule has 2 aliphatic rings. The Labute approximate surface area is 98.8 Å². The molecule has 1 aromatic carbocycles. The maximum atomic E-state index is 12.0. The first-order valence-corrected chi connectivity index (χ1v) is 5.43. The Morgan fingerprint density at radius 3 is 2.76 bits per heavy atom. The van der Waals surface area contributed by atoms with Gasteiger partial charge >= 0.3 is 5.97 Å². The molecule has 2 aliphatic heterocycles. The van der Waals surface area contributed by atoms with Gasteiger partial charge in [0.25, 0.3) is 0 Å². The van der Waals surface area contributed by atoms with Crippen LogP contribution in [0.4, 0.5) is 0 Å². The summed E-state index contributed by atoms with van der Waals surface area (Å²) in [6, 6.07) is 9.36. The Hall–Kier alpha value is -1.81. The van der Waals surface area contributed by atoms with Gasteiger partial charge < -0.3 is 14.2 Å². The van der Waals surface area contributed by atoms with Gasteiger partial charge in [-0.15, -0.1) is 0 Å². The molecule has 0 spiro atoms. The van der Waals surface area contributed by atoms with Crippen LogP contribution < -0.4 is 0 Å². The Kier molecular flexibility index (Phi) is 2.19. The average molecular weight is 232 g/mol. The summed E-state index contributed by atoms with van der Waals surface area (Å²) in [5.41, 5.74) is -0.253. The predicted molar refractivity (Wildman–Crippen MR) is 58.7 cm³/mol. The van der Waals surface area contributed by atoms with Crippen LogP contribution in [0.1, 0.15) is 5.56 Å². The maximum absolute atomic E-state index is 12.0. The average Bonchev–Trinajstić information content (AvgIpc) is 2.74. The lowest BCUT2D eigenvalue weighted by atomic mass is 9.76. The number of rotatable bonds is 2. The normalized spacial score (nSPS) is 33.5. The minimum absolute atomic E-state index is 0.114. The van der Waals surface area contributed by atoms with Gasteiger partial charge in [0.05, 0.1) is 19.3 Å². The molecule has 0 amide bonds. The number of benzene rings is 1.